The molecule has 0 aliphatic carbocycles. The number of aromatic nitrogens is 1. The lowest BCUT2D eigenvalue weighted by Gasteiger charge is -2.19. The van der Waals surface area contributed by atoms with Crippen LogP contribution in [0.3, 0.4) is 0 Å². The highest BCUT2D eigenvalue weighted by atomic mass is 32.1. The molecule has 2 atom stereocenters. The number of esters is 1. The molecule has 1 aromatic rings. The van der Waals surface area contributed by atoms with Gasteiger partial charge in [-0.25, -0.2) is 9.78 Å². The molecule has 19 heavy (non-hydrogen) atoms. The van der Waals surface area contributed by atoms with Crippen molar-refractivity contribution < 1.29 is 19.4 Å². The summed E-state index contributed by atoms with van der Waals surface area (Å²) >= 11 is 1.20. The first-order valence-corrected chi connectivity index (χ1v) is 6.53. The van der Waals surface area contributed by atoms with Gasteiger partial charge in [0.05, 0.1) is 12.8 Å². The Morgan fingerprint density at radius 2 is 2.16 bits per heavy atom. The first-order chi connectivity index (χ1) is 8.86. The molecule has 0 saturated carbocycles. The van der Waals surface area contributed by atoms with Crippen molar-refractivity contribution in [1.82, 2.24) is 4.98 Å². The lowest BCUT2D eigenvalue weighted by atomic mass is 10.1. The van der Waals surface area contributed by atoms with Crippen LogP contribution in [0.2, 0.25) is 0 Å². The Bertz CT molecular complexity index is 461. The number of carboxylic acid groups (broad SMARTS) is 1. The molecule has 0 radical (unpaired) electrons. The number of methoxy groups -OCH3 is 1. The number of aliphatic carboxylic acids is 1. The average molecular weight is 287 g/mol. The standard InChI is InChI=1S/C11H17N3O4S/c1-5(2)8(10(17)18-3)14-11-13-6(4-19-11)7(12)9(15)16/h4-5,7-8H,12H2,1-3H3,(H,13,14)(H,15,16). The Balaban J connectivity index is 2.81. The third-order valence-corrected chi connectivity index (χ3v) is 3.30. The molecule has 0 aliphatic rings. The van der Waals surface area contributed by atoms with Gasteiger partial charge in [-0.15, -0.1) is 11.3 Å². The number of ether oxygens (including phenoxy) is 1. The number of hydrogen-bond acceptors (Lipinski definition) is 7. The summed E-state index contributed by atoms with van der Waals surface area (Å²) in [6, 6.07) is -1.70. The molecule has 1 heterocycles. The molecule has 0 saturated heterocycles. The molecule has 0 aromatic carbocycles. The molecule has 4 N–H and O–H groups in total. The summed E-state index contributed by atoms with van der Waals surface area (Å²) in [5, 5.41) is 13.7. The molecule has 0 fully saturated rings. The van der Waals surface area contributed by atoms with Gasteiger partial charge in [-0.2, -0.15) is 0 Å². The van der Waals surface area contributed by atoms with Crippen molar-refractivity contribution in [3.8, 4) is 0 Å². The summed E-state index contributed by atoms with van der Waals surface area (Å²) in [7, 11) is 1.31. The van der Waals surface area contributed by atoms with Crippen LogP contribution < -0.4 is 11.1 Å². The van der Waals surface area contributed by atoms with E-state index in [0.29, 0.717) is 5.13 Å². The normalized spacial score (nSPS) is 13.9. The second kappa shape index (κ2) is 6.48. The van der Waals surface area contributed by atoms with E-state index in [1.54, 1.807) is 5.38 Å². The smallest absolute Gasteiger partial charge is 0.328 e. The highest BCUT2D eigenvalue weighted by Crippen LogP contribution is 2.22. The van der Waals surface area contributed by atoms with Gasteiger partial charge in [-0.05, 0) is 5.92 Å². The SMILES string of the molecule is COC(=O)C(Nc1nc(C(N)C(=O)O)cs1)C(C)C. The van der Waals surface area contributed by atoms with E-state index in [-0.39, 0.29) is 11.6 Å². The molecule has 8 heteroatoms. The fourth-order valence-corrected chi connectivity index (χ4v) is 2.16. The number of rotatable bonds is 6. The maximum atomic E-state index is 11.6. The van der Waals surface area contributed by atoms with Gasteiger partial charge in [0.1, 0.15) is 12.1 Å². The summed E-state index contributed by atoms with van der Waals surface area (Å²) in [6.45, 7) is 3.73. The lowest BCUT2D eigenvalue weighted by Crippen LogP contribution is -2.35. The van der Waals surface area contributed by atoms with E-state index in [1.165, 1.54) is 18.4 Å². The van der Waals surface area contributed by atoms with Crippen LogP contribution in [0.15, 0.2) is 5.38 Å². The molecule has 1 aromatic heterocycles. The van der Waals surface area contributed by atoms with Gasteiger partial charge in [0.2, 0.25) is 0 Å². The van der Waals surface area contributed by atoms with Crippen LogP contribution in [0, 0.1) is 5.92 Å². The van der Waals surface area contributed by atoms with E-state index >= 15 is 0 Å². The van der Waals surface area contributed by atoms with Gasteiger partial charge in [0.25, 0.3) is 0 Å². The van der Waals surface area contributed by atoms with E-state index in [9.17, 15) is 9.59 Å². The van der Waals surface area contributed by atoms with Gasteiger partial charge in [0, 0.05) is 5.38 Å². The molecule has 7 nitrogen and oxygen atoms in total. The number of hydrogen-bond donors (Lipinski definition) is 3. The van der Waals surface area contributed by atoms with Crippen molar-refractivity contribution in [1.29, 1.82) is 0 Å². The molecule has 1 rings (SSSR count). The van der Waals surface area contributed by atoms with E-state index in [0.717, 1.165) is 0 Å². The van der Waals surface area contributed by atoms with Crippen LogP contribution in [0.5, 0.6) is 0 Å². The van der Waals surface area contributed by atoms with E-state index in [4.69, 9.17) is 15.6 Å². The van der Waals surface area contributed by atoms with E-state index < -0.39 is 24.0 Å². The summed E-state index contributed by atoms with van der Waals surface area (Å²) < 4.78 is 4.69. The zero-order valence-corrected chi connectivity index (χ0v) is 11.7. The maximum Gasteiger partial charge on any atom is 0.328 e. The van der Waals surface area contributed by atoms with Crippen LogP contribution >= 0.6 is 11.3 Å². The fourth-order valence-electron chi connectivity index (χ4n) is 1.38. The van der Waals surface area contributed by atoms with Crippen molar-refractivity contribution in [3.63, 3.8) is 0 Å². The monoisotopic (exact) mass is 287 g/mol. The van der Waals surface area contributed by atoms with Crippen molar-refractivity contribution in [2.24, 2.45) is 11.7 Å². The fraction of sp³-hybridized carbons (Fsp3) is 0.545. The Labute approximate surface area is 114 Å². The van der Waals surface area contributed by atoms with Gasteiger partial charge in [-0.1, -0.05) is 13.8 Å². The Kier molecular flexibility index (Phi) is 5.25. The van der Waals surface area contributed by atoms with Crippen LogP contribution in [0.4, 0.5) is 5.13 Å². The second-order valence-corrected chi connectivity index (χ2v) is 5.14. The quantitative estimate of drug-likeness (QED) is 0.664. The molecule has 0 amide bonds. The Hall–Kier alpha value is -1.67. The Morgan fingerprint density at radius 1 is 1.53 bits per heavy atom. The molecular weight excluding hydrogens is 270 g/mol. The lowest BCUT2D eigenvalue weighted by molar-refractivity contribution is -0.142. The first-order valence-electron chi connectivity index (χ1n) is 5.65. The topological polar surface area (TPSA) is 115 Å². The van der Waals surface area contributed by atoms with Crippen LogP contribution in [0.25, 0.3) is 0 Å². The van der Waals surface area contributed by atoms with Crippen LogP contribution in [0.1, 0.15) is 25.6 Å². The predicted molar refractivity (Wildman–Crippen MR) is 70.9 cm³/mol. The minimum absolute atomic E-state index is 0.00736. The average Bonchev–Trinajstić information content (AvgIpc) is 2.82. The van der Waals surface area contributed by atoms with Crippen LogP contribution in [-0.4, -0.2) is 35.2 Å². The Morgan fingerprint density at radius 3 is 2.63 bits per heavy atom. The van der Waals surface area contributed by atoms with E-state index in [1.807, 2.05) is 13.8 Å². The van der Waals surface area contributed by atoms with Gasteiger partial charge < -0.3 is 20.9 Å². The number of nitrogens with zero attached hydrogens (tertiary/aromatic N) is 1. The number of nitrogens with one attached hydrogen (secondary N) is 1. The van der Waals surface area contributed by atoms with Gasteiger partial charge in [0.15, 0.2) is 5.13 Å². The molecule has 0 bridgehead atoms. The zero-order chi connectivity index (χ0) is 14.6. The number of thiazole rings is 1. The summed E-state index contributed by atoms with van der Waals surface area (Å²) in [6.07, 6.45) is 0. The second-order valence-electron chi connectivity index (χ2n) is 4.28. The molecular formula is C11H17N3O4S. The number of carbonyl (C=O) groups excluding carboxylic acids is 1. The molecule has 0 spiro atoms. The number of carboxylic acids is 1. The molecule has 0 aliphatic heterocycles. The molecule has 2 unspecified atom stereocenters. The number of anilines is 1. The van der Waals surface area contributed by atoms with Crippen LogP contribution in [-0.2, 0) is 14.3 Å². The van der Waals surface area contributed by atoms with Crippen molar-refractivity contribution >= 4 is 28.4 Å². The third kappa shape index (κ3) is 3.90. The van der Waals surface area contributed by atoms with Gasteiger partial charge >= 0.3 is 11.9 Å². The summed E-state index contributed by atoms with van der Waals surface area (Å²) in [5.41, 5.74) is 5.71. The van der Waals surface area contributed by atoms with Gasteiger partial charge in [-0.3, -0.25) is 4.79 Å². The van der Waals surface area contributed by atoms with Crippen molar-refractivity contribution in [2.45, 2.75) is 25.9 Å². The zero-order valence-electron chi connectivity index (χ0n) is 10.9. The summed E-state index contributed by atoms with van der Waals surface area (Å²) in [4.78, 5) is 26.4. The molecule has 106 valence electrons. The number of nitrogens with two attached hydrogens (primary N) is 1. The summed E-state index contributed by atoms with van der Waals surface area (Å²) in [5.74, 6) is -1.53. The number of carbonyl (C=O) groups is 2. The minimum Gasteiger partial charge on any atom is -0.480 e. The highest BCUT2D eigenvalue weighted by molar-refractivity contribution is 7.13. The van der Waals surface area contributed by atoms with E-state index in [2.05, 4.69) is 10.3 Å². The largest absolute Gasteiger partial charge is 0.480 e. The van der Waals surface area contributed by atoms with Crippen molar-refractivity contribution in [2.75, 3.05) is 12.4 Å². The minimum atomic E-state index is -1.16. The maximum absolute atomic E-state index is 11.6. The first kappa shape index (κ1) is 15.4. The predicted octanol–water partition coefficient (Wildman–Crippen LogP) is 0.837. The highest BCUT2D eigenvalue weighted by Gasteiger charge is 2.25. The third-order valence-electron chi connectivity index (χ3n) is 2.51. The van der Waals surface area contributed by atoms with Crippen molar-refractivity contribution in [3.05, 3.63) is 11.1 Å².